The molecule has 2 nitrogen and oxygen atoms in total. The van der Waals surface area contributed by atoms with Gasteiger partial charge in [-0.2, -0.15) is 0 Å². The zero-order chi connectivity index (χ0) is 14.2. The standard InChI is InChI=1S/C17H27NO/c1-11(8-18)7-17(9-19-10-17)16-14(4)12(2)6-13(3)15(16)5/h6,11H,7-10,18H2,1-5H3. The smallest absolute Gasteiger partial charge is 0.0585 e. The monoisotopic (exact) mass is 261 g/mol. The minimum Gasteiger partial charge on any atom is -0.379 e. The molecule has 1 aliphatic heterocycles. The third-order valence-electron chi connectivity index (χ3n) is 4.79. The van der Waals surface area contributed by atoms with Crippen molar-refractivity contribution in [2.45, 2.75) is 46.5 Å². The molecule has 1 aromatic rings. The van der Waals surface area contributed by atoms with Crippen LogP contribution >= 0.6 is 0 Å². The van der Waals surface area contributed by atoms with Crippen molar-refractivity contribution in [3.05, 3.63) is 33.9 Å². The number of nitrogens with two attached hydrogens (primary N) is 1. The quantitative estimate of drug-likeness (QED) is 0.903. The lowest BCUT2D eigenvalue weighted by Crippen LogP contribution is -2.49. The Morgan fingerprint density at radius 2 is 1.68 bits per heavy atom. The second kappa shape index (κ2) is 5.26. The molecule has 0 bridgehead atoms. The van der Waals surface area contributed by atoms with Gasteiger partial charge >= 0.3 is 0 Å². The highest BCUT2D eigenvalue weighted by Crippen LogP contribution is 2.42. The number of benzene rings is 1. The van der Waals surface area contributed by atoms with Gasteiger partial charge in [0.2, 0.25) is 0 Å². The van der Waals surface area contributed by atoms with Gasteiger partial charge in [0.15, 0.2) is 0 Å². The van der Waals surface area contributed by atoms with E-state index in [0.29, 0.717) is 5.92 Å². The normalized spacial score (nSPS) is 19.1. The lowest BCUT2D eigenvalue weighted by atomic mass is 9.68. The zero-order valence-electron chi connectivity index (χ0n) is 13.0. The number of ether oxygens (including phenoxy) is 1. The van der Waals surface area contributed by atoms with Gasteiger partial charge in [-0.25, -0.2) is 0 Å². The van der Waals surface area contributed by atoms with E-state index in [0.717, 1.165) is 26.2 Å². The van der Waals surface area contributed by atoms with E-state index in [4.69, 9.17) is 10.5 Å². The molecule has 0 aromatic heterocycles. The van der Waals surface area contributed by atoms with Gasteiger partial charge in [-0.1, -0.05) is 13.0 Å². The van der Waals surface area contributed by atoms with E-state index in [2.05, 4.69) is 40.7 Å². The summed E-state index contributed by atoms with van der Waals surface area (Å²) in [6.45, 7) is 13.6. The van der Waals surface area contributed by atoms with E-state index in [1.807, 2.05) is 0 Å². The predicted octanol–water partition coefficient (Wildman–Crippen LogP) is 3.17. The van der Waals surface area contributed by atoms with Crippen LogP contribution in [0.15, 0.2) is 6.07 Å². The lowest BCUT2D eigenvalue weighted by Gasteiger charge is -2.46. The van der Waals surface area contributed by atoms with E-state index in [-0.39, 0.29) is 5.41 Å². The van der Waals surface area contributed by atoms with Crippen molar-refractivity contribution in [3.63, 3.8) is 0 Å². The Morgan fingerprint density at radius 3 is 2.05 bits per heavy atom. The molecule has 0 spiro atoms. The van der Waals surface area contributed by atoms with Crippen LogP contribution in [0.3, 0.4) is 0 Å². The minimum absolute atomic E-state index is 0.198. The molecule has 1 atom stereocenters. The Hall–Kier alpha value is -0.860. The van der Waals surface area contributed by atoms with Crippen LogP contribution in [0.5, 0.6) is 0 Å². The van der Waals surface area contributed by atoms with Crippen LogP contribution < -0.4 is 5.73 Å². The Morgan fingerprint density at radius 1 is 1.16 bits per heavy atom. The molecular weight excluding hydrogens is 234 g/mol. The molecular formula is C17H27NO. The van der Waals surface area contributed by atoms with Crippen LogP contribution in [0.2, 0.25) is 0 Å². The van der Waals surface area contributed by atoms with E-state index in [1.165, 1.54) is 27.8 Å². The highest BCUT2D eigenvalue weighted by molar-refractivity contribution is 5.49. The molecule has 1 aliphatic rings. The van der Waals surface area contributed by atoms with E-state index >= 15 is 0 Å². The molecule has 1 aromatic carbocycles. The average Bonchev–Trinajstić information content (AvgIpc) is 2.33. The van der Waals surface area contributed by atoms with E-state index < -0.39 is 0 Å². The molecule has 0 radical (unpaired) electrons. The van der Waals surface area contributed by atoms with Crippen LogP contribution in [0, 0.1) is 33.6 Å². The van der Waals surface area contributed by atoms with Gasteiger partial charge in [-0.3, -0.25) is 0 Å². The molecule has 106 valence electrons. The van der Waals surface area contributed by atoms with Crippen LogP contribution in [-0.2, 0) is 10.2 Å². The molecule has 2 N–H and O–H groups in total. The maximum atomic E-state index is 5.83. The zero-order valence-corrected chi connectivity index (χ0v) is 13.0. The van der Waals surface area contributed by atoms with Gasteiger partial charge in [0.1, 0.15) is 0 Å². The Labute approximate surface area is 117 Å². The molecule has 0 aliphatic carbocycles. The van der Waals surface area contributed by atoms with Crippen molar-refractivity contribution in [1.82, 2.24) is 0 Å². The van der Waals surface area contributed by atoms with Gasteiger partial charge in [-0.05, 0) is 74.4 Å². The highest BCUT2D eigenvalue weighted by Gasteiger charge is 2.43. The SMILES string of the molecule is Cc1cc(C)c(C)c(C2(CC(C)CN)COC2)c1C. The minimum atomic E-state index is 0.198. The summed E-state index contributed by atoms with van der Waals surface area (Å²) in [4.78, 5) is 0. The molecule has 0 amide bonds. The van der Waals surface area contributed by atoms with Crippen molar-refractivity contribution in [3.8, 4) is 0 Å². The van der Waals surface area contributed by atoms with Gasteiger partial charge in [0.05, 0.1) is 13.2 Å². The summed E-state index contributed by atoms with van der Waals surface area (Å²) < 4.78 is 5.59. The largest absolute Gasteiger partial charge is 0.379 e. The van der Waals surface area contributed by atoms with Crippen molar-refractivity contribution in [2.75, 3.05) is 19.8 Å². The van der Waals surface area contributed by atoms with Gasteiger partial charge in [-0.15, -0.1) is 0 Å². The number of rotatable bonds is 4. The Balaban J connectivity index is 2.49. The number of hydrogen-bond acceptors (Lipinski definition) is 2. The van der Waals surface area contributed by atoms with Crippen LogP contribution in [0.25, 0.3) is 0 Å². The van der Waals surface area contributed by atoms with E-state index in [9.17, 15) is 0 Å². The predicted molar refractivity (Wildman–Crippen MR) is 80.7 cm³/mol. The van der Waals surface area contributed by atoms with Crippen LogP contribution in [-0.4, -0.2) is 19.8 Å². The summed E-state index contributed by atoms with van der Waals surface area (Å²) in [6.07, 6.45) is 1.13. The third-order valence-corrected chi connectivity index (χ3v) is 4.79. The molecule has 1 unspecified atom stereocenters. The lowest BCUT2D eigenvalue weighted by molar-refractivity contribution is -0.0708. The van der Waals surface area contributed by atoms with Gasteiger partial charge in [0, 0.05) is 5.41 Å². The van der Waals surface area contributed by atoms with Crippen LogP contribution in [0.4, 0.5) is 0 Å². The third kappa shape index (κ3) is 2.44. The summed E-state index contributed by atoms with van der Waals surface area (Å²) in [5, 5.41) is 0. The first-order valence-corrected chi connectivity index (χ1v) is 7.27. The van der Waals surface area contributed by atoms with Gasteiger partial charge in [0.25, 0.3) is 0 Å². The summed E-state index contributed by atoms with van der Waals surface area (Å²) in [5.74, 6) is 0.545. The molecule has 2 rings (SSSR count). The first-order valence-electron chi connectivity index (χ1n) is 7.27. The van der Waals surface area contributed by atoms with Gasteiger partial charge < -0.3 is 10.5 Å². The molecule has 1 fully saturated rings. The van der Waals surface area contributed by atoms with Crippen molar-refractivity contribution < 1.29 is 4.74 Å². The summed E-state index contributed by atoms with van der Waals surface area (Å²) in [7, 11) is 0. The molecule has 1 saturated heterocycles. The molecule has 2 heteroatoms. The summed E-state index contributed by atoms with van der Waals surface area (Å²) >= 11 is 0. The number of aryl methyl sites for hydroxylation is 2. The first-order chi connectivity index (χ1) is 8.91. The summed E-state index contributed by atoms with van der Waals surface area (Å²) in [6, 6.07) is 2.30. The Bertz CT molecular complexity index is 448. The second-order valence-corrected chi connectivity index (χ2v) is 6.45. The summed E-state index contributed by atoms with van der Waals surface area (Å²) in [5.41, 5.74) is 13.2. The maximum Gasteiger partial charge on any atom is 0.0585 e. The van der Waals surface area contributed by atoms with Crippen molar-refractivity contribution in [1.29, 1.82) is 0 Å². The topological polar surface area (TPSA) is 35.2 Å². The highest BCUT2D eigenvalue weighted by atomic mass is 16.5. The number of hydrogen-bond donors (Lipinski definition) is 1. The fourth-order valence-electron chi connectivity index (χ4n) is 3.48. The Kier molecular flexibility index (Phi) is 4.03. The van der Waals surface area contributed by atoms with Crippen LogP contribution in [0.1, 0.15) is 41.2 Å². The molecule has 0 saturated carbocycles. The fourth-order valence-corrected chi connectivity index (χ4v) is 3.48. The first kappa shape index (κ1) is 14.5. The maximum absolute atomic E-state index is 5.83. The van der Waals surface area contributed by atoms with E-state index in [1.54, 1.807) is 0 Å². The average molecular weight is 261 g/mol. The van der Waals surface area contributed by atoms with Crippen molar-refractivity contribution >= 4 is 0 Å². The van der Waals surface area contributed by atoms with Crippen molar-refractivity contribution in [2.24, 2.45) is 11.7 Å². The molecule has 1 heterocycles. The molecule has 19 heavy (non-hydrogen) atoms. The fraction of sp³-hybridized carbons (Fsp3) is 0.647. The second-order valence-electron chi connectivity index (χ2n) is 6.45.